The minimum absolute atomic E-state index is 0.295. The second kappa shape index (κ2) is 5.67. The fourth-order valence-electron chi connectivity index (χ4n) is 1.37. The van der Waals surface area contributed by atoms with E-state index in [1.165, 1.54) is 28.2 Å². The molecule has 0 fully saturated rings. The smallest absolute Gasteiger partial charge is 0.163 e. The average molecular weight is 274 g/mol. The average Bonchev–Trinajstić information content (AvgIpc) is 2.78. The van der Waals surface area contributed by atoms with Crippen LogP contribution in [-0.2, 0) is 5.75 Å². The normalized spacial score (nSPS) is 9.94. The van der Waals surface area contributed by atoms with Gasteiger partial charge < -0.3 is 5.73 Å². The topological polar surface area (TPSA) is 67.6 Å². The van der Waals surface area contributed by atoms with E-state index in [0.717, 1.165) is 5.75 Å². The van der Waals surface area contributed by atoms with Crippen LogP contribution in [0.3, 0.4) is 0 Å². The van der Waals surface area contributed by atoms with Gasteiger partial charge in [0.2, 0.25) is 0 Å². The van der Waals surface area contributed by atoms with Crippen LogP contribution >= 0.6 is 24.0 Å². The highest BCUT2D eigenvalue weighted by atomic mass is 32.2. The van der Waals surface area contributed by atoms with E-state index in [2.05, 4.69) is 5.10 Å². The summed E-state index contributed by atoms with van der Waals surface area (Å²) in [6, 6.07) is 12.0. The Bertz CT molecular complexity index is 598. The number of hydrogen-bond donors (Lipinski definition) is 1. The first-order valence-electron chi connectivity index (χ1n) is 5.17. The second-order valence-electron chi connectivity index (χ2n) is 3.51. The molecule has 0 aliphatic carbocycles. The minimum atomic E-state index is 0.295. The number of nitrogen functional groups attached to an aromatic ring is 1. The maximum Gasteiger partial charge on any atom is 0.163 e. The zero-order chi connectivity index (χ0) is 13.0. The summed E-state index contributed by atoms with van der Waals surface area (Å²) in [6.45, 7) is 0. The van der Waals surface area contributed by atoms with Crippen molar-refractivity contribution in [2.24, 2.45) is 0 Å². The van der Waals surface area contributed by atoms with Crippen LogP contribution in [0, 0.1) is 11.3 Å². The third-order valence-electron chi connectivity index (χ3n) is 2.30. The Morgan fingerprint density at radius 1 is 1.44 bits per heavy atom. The molecule has 0 bridgehead atoms. The number of thiocarbonyl (C=S) groups is 1. The van der Waals surface area contributed by atoms with Crippen molar-refractivity contribution >= 4 is 34.1 Å². The molecule has 2 N–H and O–H groups in total. The standard InChI is InChI=1S/C12H10N4S2/c13-6-10-7-15-16(11(10)14)12(17)18-8-9-4-2-1-3-5-9/h1-5,7H,8,14H2. The molecule has 0 radical (unpaired) electrons. The lowest BCUT2D eigenvalue weighted by Crippen LogP contribution is -2.10. The van der Waals surface area contributed by atoms with E-state index in [1.807, 2.05) is 36.4 Å². The van der Waals surface area contributed by atoms with Crippen LogP contribution in [0.2, 0.25) is 0 Å². The van der Waals surface area contributed by atoms with Crippen molar-refractivity contribution in [3.8, 4) is 6.07 Å². The van der Waals surface area contributed by atoms with Gasteiger partial charge in [-0.2, -0.15) is 15.0 Å². The summed E-state index contributed by atoms with van der Waals surface area (Å²) in [5, 5.41) is 12.8. The number of aromatic nitrogens is 2. The summed E-state index contributed by atoms with van der Waals surface area (Å²) in [5.41, 5.74) is 7.28. The van der Waals surface area contributed by atoms with Crippen molar-refractivity contribution < 1.29 is 0 Å². The van der Waals surface area contributed by atoms with Crippen molar-refractivity contribution in [2.75, 3.05) is 5.73 Å². The lowest BCUT2D eigenvalue weighted by Gasteiger charge is -2.05. The molecule has 6 heteroatoms. The molecule has 0 amide bonds. The maximum absolute atomic E-state index is 8.79. The summed E-state index contributed by atoms with van der Waals surface area (Å²) >= 11 is 6.71. The number of nitrogens with zero attached hydrogens (tertiary/aromatic N) is 3. The maximum atomic E-state index is 8.79. The van der Waals surface area contributed by atoms with Crippen LogP contribution in [0.5, 0.6) is 0 Å². The van der Waals surface area contributed by atoms with Crippen molar-refractivity contribution in [3.63, 3.8) is 0 Å². The van der Waals surface area contributed by atoms with Crippen molar-refractivity contribution in [2.45, 2.75) is 5.75 Å². The summed E-state index contributed by atoms with van der Waals surface area (Å²) in [5.74, 6) is 1.05. The van der Waals surface area contributed by atoms with Gasteiger partial charge in [-0.1, -0.05) is 54.3 Å². The quantitative estimate of drug-likeness (QED) is 0.852. The number of rotatable bonds is 2. The van der Waals surface area contributed by atoms with Crippen LogP contribution in [0.1, 0.15) is 11.1 Å². The van der Waals surface area contributed by atoms with Crippen molar-refractivity contribution in [1.82, 2.24) is 9.78 Å². The van der Waals surface area contributed by atoms with Gasteiger partial charge in [-0.25, -0.2) is 0 Å². The third-order valence-corrected chi connectivity index (χ3v) is 3.73. The van der Waals surface area contributed by atoms with Crippen LogP contribution in [0.25, 0.3) is 0 Å². The summed E-state index contributed by atoms with van der Waals surface area (Å²) < 4.78 is 1.96. The van der Waals surface area contributed by atoms with Gasteiger partial charge >= 0.3 is 0 Å². The van der Waals surface area contributed by atoms with E-state index in [4.69, 9.17) is 23.2 Å². The van der Waals surface area contributed by atoms with Crippen molar-refractivity contribution in [1.29, 1.82) is 5.26 Å². The molecule has 2 aromatic rings. The van der Waals surface area contributed by atoms with Gasteiger partial charge in [0.15, 0.2) is 4.32 Å². The highest BCUT2D eigenvalue weighted by Gasteiger charge is 2.10. The molecule has 18 heavy (non-hydrogen) atoms. The Kier molecular flexibility index (Phi) is 3.97. The molecule has 0 atom stereocenters. The Labute approximate surface area is 114 Å². The zero-order valence-corrected chi connectivity index (χ0v) is 11.0. The molecule has 2 rings (SSSR count). The lowest BCUT2D eigenvalue weighted by atomic mass is 10.2. The number of benzene rings is 1. The van der Waals surface area contributed by atoms with Crippen LogP contribution in [0.4, 0.5) is 5.82 Å². The van der Waals surface area contributed by atoms with E-state index in [1.54, 1.807) is 0 Å². The van der Waals surface area contributed by atoms with Crippen LogP contribution in [-0.4, -0.2) is 14.1 Å². The Balaban J connectivity index is 2.05. The molecule has 0 spiro atoms. The van der Waals surface area contributed by atoms with E-state index in [0.29, 0.717) is 15.7 Å². The van der Waals surface area contributed by atoms with Gasteiger partial charge in [0.05, 0.1) is 6.20 Å². The number of nitrogens with two attached hydrogens (primary N) is 1. The van der Waals surface area contributed by atoms with E-state index in [-0.39, 0.29) is 0 Å². The van der Waals surface area contributed by atoms with Gasteiger partial charge in [0.25, 0.3) is 0 Å². The summed E-state index contributed by atoms with van der Waals surface area (Å²) in [7, 11) is 0. The Hall–Kier alpha value is -1.84. The number of thioether (sulfide) groups is 1. The number of nitriles is 1. The zero-order valence-electron chi connectivity index (χ0n) is 9.41. The Morgan fingerprint density at radius 3 is 2.78 bits per heavy atom. The van der Waals surface area contributed by atoms with Crippen molar-refractivity contribution in [3.05, 3.63) is 47.7 Å². The fourth-order valence-corrected chi connectivity index (χ4v) is 2.44. The van der Waals surface area contributed by atoms with E-state index in [9.17, 15) is 0 Å². The molecular weight excluding hydrogens is 264 g/mol. The molecule has 1 aromatic heterocycles. The molecule has 0 saturated carbocycles. The first kappa shape index (κ1) is 12.6. The molecule has 0 unspecified atom stereocenters. The highest BCUT2D eigenvalue weighted by Crippen LogP contribution is 2.18. The predicted octanol–water partition coefficient (Wildman–Crippen LogP) is 2.40. The van der Waals surface area contributed by atoms with Gasteiger partial charge in [0, 0.05) is 5.75 Å². The molecule has 1 heterocycles. The lowest BCUT2D eigenvalue weighted by molar-refractivity contribution is 0.974. The molecule has 0 aliphatic rings. The first-order chi connectivity index (χ1) is 8.72. The Morgan fingerprint density at radius 2 is 2.17 bits per heavy atom. The molecule has 0 saturated heterocycles. The van der Waals surface area contributed by atoms with E-state index >= 15 is 0 Å². The molecular formula is C12H10N4S2. The SMILES string of the molecule is N#Cc1cnn(C(=S)SCc2ccccc2)c1N. The second-order valence-corrected chi connectivity index (χ2v) is 5.12. The summed E-state index contributed by atoms with van der Waals surface area (Å²) in [6.07, 6.45) is 1.42. The molecule has 4 nitrogen and oxygen atoms in total. The van der Waals surface area contributed by atoms with Crippen LogP contribution in [0.15, 0.2) is 36.5 Å². The van der Waals surface area contributed by atoms with Crippen LogP contribution < -0.4 is 5.73 Å². The van der Waals surface area contributed by atoms with Gasteiger partial charge in [-0.3, -0.25) is 0 Å². The molecule has 0 aliphatic heterocycles. The van der Waals surface area contributed by atoms with Gasteiger partial charge in [0.1, 0.15) is 17.5 Å². The third kappa shape index (κ3) is 2.70. The summed E-state index contributed by atoms with van der Waals surface area (Å²) in [4.78, 5) is 0. The molecule has 90 valence electrons. The predicted molar refractivity (Wildman–Crippen MR) is 77.1 cm³/mol. The monoisotopic (exact) mass is 274 g/mol. The van der Waals surface area contributed by atoms with Gasteiger partial charge in [-0.05, 0) is 5.56 Å². The number of anilines is 1. The number of hydrogen-bond acceptors (Lipinski definition) is 5. The molecule has 1 aromatic carbocycles. The largest absolute Gasteiger partial charge is 0.382 e. The first-order valence-corrected chi connectivity index (χ1v) is 6.56. The fraction of sp³-hybridized carbons (Fsp3) is 0.0833. The highest BCUT2D eigenvalue weighted by molar-refractivity contribution is 8.22. The van der Waals surface area contributed by atoms with E-state index < -0.39 is 0 Å². The van der Waals surface area contributed by atoms with Gasteiger partial charge in [-0.15, -0.1) is 0 Å². The minimum Gasteiger partial charge on any atom is -0.382 e.